The molecular formula is C20H27Cl2N3O4S2. The summed E-state index contributed by atoms with van der Waals surface area (Å²) in [6.07, 6.45) is 4.81. The number of nitrogens with one attached hydrogen (secondary N) is 2. The summed E-state index contributed by atoms with van der Waals surface area (Å²) in [6, 6.07) is 0. The van der Waals surface area contributed by atoms with Gasteiger partial charge in [-0.15, -0.1) is 11.8 Å². The zero-order valence-electron chi connectivity index (χ0n) is 17.2. The highest BCUT2D eigenvalue weighted by Gasteiger charge is 2.26. The van der Waals surface area contributed by atoms with E-state index in [0.29, 0.717) is 34.9 Å². The van der Waals surface area contributed by atoms with Crippen LogP contribution in [0.4, 0.5) is 0 Å². The van der Waals surface area contributed by atoms with Gasteiger partial charge in [-0.2, -0.15) is 0 Å². The summed E-state index contributed by atoms with van der Waals surface area (Å²) in [6.45, 7) is 5.46. The number of carbonyl (C=O) groups excluding carboxylic acids is 1. The van der Waals surface area contributed by atoms with Crippen molar-refractivity contribution in [3.63, 3.8) is 0 Å². The summed E-state index contributed by atoms with van der Waals surface area (Å²) < 4.78 is 5.77. The fourth-order valence-electron chi connectivity index (χ4n) is 3.56. The van der Waals surface area contributed by atoms with E-state index in [1.165, 1.54) is 23.5 Å². The average Bonchev–Trinajstić information content (AvgIpc) is 3.06. The Morgan fingerprint density at radius 1 is 1.42 bits per heavy atom. The first-order chi connectivity index (χ1) is 14.8. The molecule has 1 aliphatic carbocycles. The molecule has 172 valence electrons. The Morgan fingerprint density at radius 2 is 2.23 bits per heavy atom. The maximum atomic E-state index is 12.3. The molecule has 0 aromatic heterocycles. The van der Waals surface area contributed by atoms with Gasteiger partial charge in [0, 0.05) is 36.8 Å². The van der Waals surface area contributed by atoms with Gasteiger partial charge >= 0.3 is 5.97 Å². The monoisotopic (exact) mass is 507 g/mol. The first-order valence-electron chi connectivity index (χ1n) is 10.1. The number of aliphatic carboxylic acids is 1. The van der Waals surface area contributed by atoms with Crippen LogP contribution in [0.15, 0.2) is 32.8 Å². The topological polar surface area (TPSA) is 90.9 Å². The third-order valence-electron chi connectivity index (χ3n) is 5.13. The third-order valence-corrected chi connectivity index (χ3v) is 8.53. The molecule has 0 aromatic rings. The maximum Gasteiger partial charge on any atom is 0.308 e. The van der Waals surface area contributed by atoms with Crippen molar-refractivity contribution in [3.05, 3.63) is 32.8 Å². The number of ether oxygens (including phenoxy) is 1. The largest absolute Gasteiger partial charge is 0.481 e. The number of halogens is 2. The summed E-state index contributed by atoms with van der Waals surface area (Å²) in [4.78, 5) is 26.3. The van der Waals surface area contributed by atoms with Crippen molar-refractivity contribution < 1.29 is 19.4 Å². The average molecular weight is 508 g/mol. The van der Waals surface area contributed by atoms with Crippen molar-refractivity contribution in [2.24, 2.45) is 5.92 Å². The smallest absolute Gasteiger partial charge is 0.308 e. The number of thioether (sulfide) groups is 2. The summed E-state index contributed by atoms with van der Waals surface area (Å²) in [5.41, 5.74) is 0.868. The van der Waals surface area contributed by atoms with E-state index in [0.717, 1.165) is 36.7 Å². The van der Waals surface area contributed by atoms with Crippen molar-refractivity contribution in [1.82, 2.24) is 15.5 Å². The lowest BCUT2D eigenvalue weighted by atomic mass is 9.99. The van der Waals surface area contributed by atoms with E-state index >= 15 is 0 Å². The minimum absolute atomic E-state index is 0.00839. The first kappa shape index (κ1) is 24.8. The standard InChI is InChI=1S/C20H27Cl2N3O4S2/c1-12-17(7-19(27)28)31-20(24-12)30-11-18(26)23-8-14-10-25(4-5-29-14)9-13-2-3-15(21)16(22)6-13/h3,6,13-14,20,24H,2,4-5,7-11H2,1H3,(H,23,26)(H,27,28)/t13?,14-,20?/m0/s1. The van der Waals surface area contributed by atoms with Gasteiger partial charge in [0.15, 0.2) is 0 Å². The van der Waals surface area contributed by atoms with Gasteiger partial charge < -0.3 is 20.5 Å². The number of carbonyl (C=O) groups is 2. The van der Waals surface area contributed by atoms with Crippen LogP contribution in [0.25, 0.3) is 0 Å². The van der Waals surface area contributed by atoms with Gasteiger partial charge in [0.2, 0.25) is 5.91 Å². The molecule has 2 unspecified atom stereocenters. The van der Waals surface area contributed by atoms with Crippen LogP contribution in [0.2, 0.25) is 0 Å². The third kappa shape index (κ3) is 7.91. The van der Waals surface area contributed by atoms with Crippen molar-refractivity contribution in [1.29, 1.82) is 0 Å². The van der Waals surface area contributed by atoms with Gasteiger partial charge in [-0.25, -0.2) is 0 Å². The molecule has 2 aliphatic heterocycles. The van der Waals surface area contributed by atoms with Gasteiger partial charge in [-0.1, -0.05) is 47.1 Å². The number of amides is 1. The van der Waals surface area contributed by atoms with Gasteiger partial charge in [0.05, 0.1) is 34.9 Å². The predicted octanol–water partition coefficient (Wildman–Crippen LogP) is 3.13. The lowest BCUT2D eigenvalue weighted by Gasteiger charge is -2.35. The molecule has 7 nitrogen and oxygen atoms in total. The van der Waals surface area contributed by atoms with Crippen molar-refractivity contribution >= 4 is 58.6 Å². The van der Waals surface area contributed by atoms with E-state index in [1.54, 1.807) is 0 Å². The Bertz CT molecular complexity index is 790. The SMILES string of the molecule is CC1=C(CC(=O)O)SC(SCC(=O)NC[C@H]2CN(CC3C=C(Cl)C(Cl)=CC3)CCO2)N1. The second-order valence-corrected chi connectivity index (χ2v) is 11.0. The van der Waals surface area contributed by atoms with Crippen LogP contribution >= 0.6 is 46.7 Å². The number of nitrogens with zero attached hydrogens (tertiary/aromatic N) is 1. The van der Waals surface area contributed by atoms with E-state index in [-0.39, 0.29) is 23.1 Å². The number of hydrogen-bond acceptors (Lipinski definition) is 7. The fraction of sp³-hybridized carbons (Fsp3) is 0.600. The second kappa shape index (κ2) is 11.9. The number of rotatable bonds is 9. The minimum atomic E-state index is -0.851. The van der Waals surface area contributed by atoms with E-state index < -0.39 is 5.97 Å². The molecule has 0 bridgehead atoms. The summed E-state index contributed by atoms with van der Waals surface area (Å²) >= 11 is 15.1. The summed E-state index contributed by atoms with van der Waals surface area (Å²) in [7, 11) is 0. The highest BCUT2D eigenvalue weighted by atomic mass is 35.5. The van der Waals surface area contributed by atoms with Gasteiger partial charge in [0.1, 0.15) is 4.71 Å². The molecule has 2 heterocycles. The quantitative estimate of drug-likeness (QED) is 0.438. The Hall–Kier alpha value is -0.840. The van der Waals surface area contributed by atoms with Gasteiger partial charge in [0.25, 0.3) is 0 Å². The molecule has 3 rings (SSSR count). The van der Waals surface area contributed by atoms with Crippen LogP contribution in [0.5, 0.6) is 0 Å². The molecule has 1 fully saturated rings. The van der Waals surface area contributed by atoms with Crippen LogP contribution in [-0.4, -0.2) is 71.2 Å². The lowest BCUT2D eigenvalue weighted by molar-refractivity contribution is -0.136. The minimum Gasteiger partial charge on any atom is -0.481 e. The van der Waals surface area contributed by atoms with Crippen LogP contribution in [-0.2, 0) is 14.3 Å². The van der Waals surface area contributed by atoms with Crippen molar-refractivity contribution in [2.75, 3.05) is 38.5 Å². The molecule has 1 saturated heterocycles. The number of carboxylic acid groups (broad SMARTS) is 1. The van der Waals surface area contributed by atoms with E-state index in [2.05, 4.69) is 15.5 Å². The molecule has 3 N–H and O–H groups in total. The number of allylic oxidation sites excluding steroid dienone is 4. The molecular weight excluding hydrogens is 481 g/mol. The zero-order chi connectivity index (χ0) is 22.4. The van der Waals surface area contributed by atoms with Gasteiger partial charge in [-0.3, -0.25) is 14.5 Å². The van der Waals surface area contributed by atoms with E-state index in [4.69, 9.17) is 33.0 Å². The lowest BCUT2D eigenvalue weighted by Crippen LogP contribution is -2.48. The number of morpholine rings is 1. The van der Waals surface area contributed by atoms with E-state index in [9.17, 15) is 9.59 Å². The molecule has 1 amide bonds. The van der Waals surface area contributed by atoms with Crippen molar-refractivity contribution in [2.45, 2.75) is 30.6 Å². The predicted molar refractivity (Wildman–Crippen MR) is 127 cm³/mol. The molecule has 0 spiro atoms. The Balaban J connectivity index is 1.33. The van der Waals surface area contributed by atoms with Crippen molar-refractivity contribution in [3.8, 4) is 0 Å². The highest BCUT2D eigenvalue weighted by Crippen LogP contribution is 2.37. The molecule has 3 aliphatic rings. The summed E-state index contributed by atoms with van der Waals surface area (Å²) in [5, 5.41) is 16.4. The Morgan fingerprint density at radius 3 is 2.97 bits per heavy atom. The number of carboxylic acids is 1. The highest BCUT2D eigenvalue weighted by molar-refractivity contribution is 8.19. The second-order valence-electron chi connectivity index (χ2n) is 7.64. The normalized spacial score (nSPS) is 26.9. The zero-order valence-corrected chi connectivity index (χ0v) is 20.4. The molecule has 31 heavy (non-hydrogen) atoms. The molecule has 0 aromatic carbocycles. The van der Waals surface area contributed by atoms with Crippen LogP contribution < -0.4 is 10.6 Å². The van der Waals surface area contributed by atoms with Crippen LogP contribution in [0.1, 0.15) is 19.8 Å². The van der Waals surface area contributed by atoms with Crippen LogP contribution in [0, 0.1) is 5.92 Å². The number of hydrogen-bond donors (Lipinski definition) is 3. The molecule has 0 radical (unpaired) electrons. The van der Waals surface area contributed by atoms with Crippen LogP contribution in [0.3, 0.4) is 0 Å². The molecule has 3 atom stereocenters. The Kier molecular flexibility index (Phi) is 9.48. The maximum absolute atomic E-state index is 12.3. The summed E-state index contributed by atoms with van der Waals surface area (Å²) in [5.74, 6) is -0.275. The van der Waals surface area contributed by atoms with Gasteiger partial charge in [-0.05, 0) is 19.3 Å². The first-order valence-corrected chi connectivity index (χ1v) is 12.8. The van der Waals surface area contributed by atoms with E-state index in [1.807, 2.05) is 19.1 Å². The Labute approximate surface area is 201 Å². The molecule has 0 saturated carbocycles. The fourth-order valence-corrected chi connectivity index (χ4v) is 6.39. The molecule has 11 heteroatoms.